The molecular formula is C35H68N11O8+. The van der Waals surface area contributed by atoms with E-state index in [1.165, 1.54) is 13.8 Å². The molecule has 0 aromatic carbocycles. The standard InChI is InChI=1S/C35H67N11O8/c1-7-10-13-23(43-33(53)28(20(4)9-3)46-34(54)29(21(5)47)42-22(6)48)19-41-25(14-11-8-2)31(51)45-26(16-17-27(36)49)32(52)44-24(30(37)50)15-12-18-40-35(38)39/h20-21,23-26,28-29,41,47H,7-19H2,1-6H3,(H2,36,49)(H2,37,50)(H,42,48)(H,43,53)(H,44,52)(H,45,51)(H,46,54)(H4,38,39,40)/p+1/t20-,21+,23-,24-,25-,26-,28-,29-/m0/s1. The minimum Gasteiger partial charge on any atom is -0.391 e. The Morgan fingerprint density at radius 2 is 1.20 bits per heavy atom. The molecule has 0 aromatic rings. The number of aliphatic hydroxyl groups excluding tert-OH is 1. The van der Waals surface area contributed by atoms with Gasteiger partial charge < -0.3 is 48.5 Å². The van der Waals surface area contributed by atoms with Gasteiger partial charge in [0.15, 0.2) is 0 Å². The molecule has 0 saturated carbocycles. The number of carbonyl (C=O) groups excluding carboxylic acids is 7. The maximum absolute atomic E-state index is 13.7. The van der Waals surface area contributed by atoms with Gasteiger partial charge in [-0.25, -0.2) is 0 Å². The Kier molecular flexibility index (Phi) is 24.9. The minimum absolute atomic E-state index is 0.000156. The number of rotatable bonds is 29. The lowest BCUT2D eigenvalue weighted by molar-refractivity contribution is -0.459. The van der Waals surface area contributed by atoms with Crippen molar-refractivity contribution in [3.8, 4) is 0 Å². The van der Waals surface area contributed by atoms with Crippen LogP contribution in [0.1, 0.15) is 112 Å². The molecular weight excluding hydrogens is 702 g/mol. The van der Waals surface area contributed by atoms with Crippen LogP contribution in [-0.2, 0) is 33.6 Å². The molecule has 0 rings (SSSR count). The topological polar surface area (TPSA) is 330 Å². The average molecular weight is 771 g/mol. The number of carbonyl (C=O) groups is 7. The highest BCUT2D eigenvalue weighted by Gasteiger charge is 2.33. The van der Waals surface area contributed by atoms with Crippen molar-refractivity contribution in [3.63, 3.8) is 0 Å². The van der Waals surface area contributed by atoms with E-state index in [1.54, 1.807) is 6.92 Å². The van der Waals surface area contributed by atoms with Gasteiger partial charge in [-0.2, -0.15) is 0 Å². The molecule has 54 heavy (non-hydrogen) atoms. The maximum atomic E-state index is 13.7. The van der Waals surface area contributed by atoms with Crippen molar-refractivity contribution in [2.24, 2.45) is 28.9 Å². The monoisotopic (exact) mass is 771 g/mol. The van der Waals surface area contributed by atoms with Gasteiger partial charge in [0.25, 0.3) is 0 Å². The molecule has 7 amide bonds. The summed E-state index contributed by atoms with van der Waals surface area (Å²) >= 11 is 0. The van der Waals surface area contributed by atoms with Gasteiger partial charge in [-0.3, -0.25) is 50.0 Å². The molecule has 8 atom stereocenters. The Hall–Kier alpha value is -4.52. The second-order valence-electron chi connectivity index (χ2n) is 13.8. The number of unbranched alkanes of at least 4 members (excludes halogenated alkanes) is 2. The van der Waals surface area contributed by atoms with Crippen molar-refractivity contribution in [2.75, 3.05) is 13.1 Å². The van der Waals surface area contributed by atoms with Gasteiger partial charge in [-0.15, -0.1) is 0 Å². The van der Waals surface area contributed by atoms with Gasteiger partial charge in [0.05, 0.1) is 18.7 Å². The molecule has 19 nitrogen and oxygen atoms in total. The van der Waals surface area contributed by atoms with Crippen molar-refractivity contribution < 1.29 is 43.7 Å². The fraction of sp³-hybridized carbons (Fsp3) is 0.771. The van der Waals surface area contributed by atoms with Crippen molar-refractivity contribution in [1.82, 2.24) is 31.9 Å². The molecule has 0 fully saturated rings. The zero-order valence-corrected chi connectivity index (χ0v) is 32.9. The quantitative estimate of drug-likeness (QED) is 0.0198. The molecule has 0 bridgehead atoms. The molecule has 0 aliphatic heterocycles. The van der Waals surface area contributed by atoms with Crippen molar-refractivity contribution >= 4 is 47.3 Å². The zero-order chi connectivity index (χ0) is 41.4. The number of guanidine groups is 1. The minimum atomic E-state index is -1.26. The van der Waals surface area contributed by atoms with E-state index in [0.29, 0.717) is 38.6 Å². The molecule has 0 spiro atoms. The average Bonchev–Trinajstić information content (AvgIpc) is 3.09. The highest BCUT2D eigenvalue weighted by Crippen LogP contribution is 2.12. The lowest BCUT2D eigenvalue weighted by atomic mass is 9.96. The number of nitrogens with two attached hydrogens (primary N) is 4. The Bertz CT molecular complexity index is 1250. The Morgan fingerprint density at radius 1 is 0.648 bits per heavy atom. The lowest BCUT2D eigenvalue weighted by Gasteiger charge is -2.30. The van der Waals surface area contributed by atoms with Crippen LogP contribution in [0.15, 0.2) is 0 Å². The highest BCUT2D eigenvalue weighted by molar-refractivity contribution is 5.93. The third-order valence-corrected chi connectivity index (χ3v) is 8.91. The molecule has 0 saturated heterocycles. The van der Waals surface area contributed by atoms with Crippen molar-refractivity contribution in [1.29, 1.82) is 0 Å². The van der Waals surface area contributed by atoms with Crippen LogP contribution in [0.5, 0.6) is 0 Å². The number of primary amides is 2. The van der Waals surface area contributed by atoms with Gasteiger partial charge in [0, 0.05) is 25.9 Å². The number of nitrogens with one attached hydrogen (secondary N) is 7. The smallest absolute Gasteiger partial charge is 0.338 e. The number of hydrogen-bond acceptors (Lipinski definition) is 9. The SMILES string of the molecule is CCCC[C@@H](CN[C@@H](CCCC)C(=O)N[C@@H](CCC(N)=O)C(=O)N[C@@H](CCC[NH+]=C(N)N)C(N)=O)NC(=O)[C@@H](NC(=O)[C@@H](NC(C)=O)[C@@H](C)O)[C@@H](C)CC. The summed E-state index contributed by atoms with van der Waals surface area (Å²) in [5, 5.41) is 26.7. The van der Waals surface area contributed by atoms with Crippen LogP contribution in [0, 0.1) is 5.92 Å². The molecule has 16 N–H and O–H groups in total. The summed E-state index contributed by atoms with van der Waals surface area (Å²) in [5.74, 6) is -4.71. The molecule has 0 radical (unpaired) electrons. The van der Waals surface area contributed by atoms with Gasteiger partial charge in [0.2, 0.25) is 41.4 Å². The number of aliphatic hydroxyl groups is 1. The third kappa shape index (κ3) is 20.6. The van der Waals surface area contributed by atoms with Crippen LogP contribution < -0.4 is 59.8 Å². The first-order chi connectivity index (χ1) is 25.4. The highest BCUT2D eigenvalue weighted by atomic mass is 16.3. The van der Waals surface area contributed by atoms with Gasteiger partial charge in [-0.05, 0) is 44.9 Å². The van der Waals surface area contributed by atoms with Crippen LogP contribution >= 0.6 is 0 Å². The third-order valence-electron chi connectivity index (χ3n) is 8.91. The number of hydrogen-bond donors (Lipinski definition) is 12. The molecule has 0 unspecified atom stereocenters. The Morgan fingerprint density at radius 3 is 1.72 bits per heavy atom. The van der Waals surface area contributed by atoms with Crippen LogP contribution in [0.4, 0.5) is 0 Å². The van der Waals surface area contributed by atoms with Gasteiger partial charge >= 0.3 is 5.96 Å². The summed E-state index contributed by atoms with van der Waals surface area (Å²) in [4.78, 5) is 92.0. The first-order valence-electron chi connectivity index (χ1n) is 19.0. The van der Waals surface area contributed by atoms with E-state index in [1.807, 2.05) is 20.8 Å². The van der Waals surface area contributed by atoms with E-state index in [0.717, 1.165) is 19.3 Å². The van der Waals surface area contributed by atoms with E-state index >= 15 is 0 Å². The molecule has 0 aliphatic rings. The molecule has 19 heteroatoms. The van der Waals surface area contributed by atoms with Crippen LogP contribution in [-0.4, -0.2) is 108 Å². The van der Waals surface area contributed by atoms with Crippen molar-refractivity contribution in [2.45, 2.75) is 155 Å². The predicted octanol–water partition coefficient (Wildman–Crippen LogP) is -3.92. The summed E-state index contributed by atoms with van der Waals surface area (Å²) < 4.78 is 0. The summed E-state index contributed by atoms with van der Waals surface area (Å²) in [6.07, 6.45) is 3.43. The fourth-order valence-electron chi connectivity index (χ4n) is 5.48. The van der Waals surface area contributed by atoms with E-state index in [2.05, 4.69) is 36.9 Å². The van der Waals surface area contributed by atoms with E-state index in [4.69, 9.17) is 22.9 Å². The van der Waals surface area contributed by atoms with Crippen molar-refractivity contribution in [3.05, 3.63) is 0 Å². The van der Waals surface area contributed by atoms with Gasteiger partial charge in [0.1, 0.15) is 24.2 Å². The first-order valence-corrected chi connectivity index (χ1v) is 19.0. The van der Waals surface area contributed by atoms with Crippen LogP contribution in [0.2, 0.25) is 0 Å². The molecule has 0 heterocycles. The summed E-state index contributed by atoms with van der Waals surface area (Å²) in [7, 11) is 0. The second-order valence-corrected chi connectivity index (χ2v) is 13.8. The van der Waals surface area contributed by atoms with Gasteiger partial charge in [-0.1, -0.05) is 59.8 Å². The molecule has 310 valence electrons. The maximum Gasteiger partial charge on any atom is 0.338 e. The fourth-order valence-corrected chi connectivity index (χ4v) is 5.48. The Labute approximate surface area is 319 Å². The predicted molar refractivity (Wildman–Crippen MR) is 203 cm³/mol. The summed E-state index contributed by atoms with van der Waals surface area (Å²) in [6.45, 7) is 10.7. The van der Waals surface area contributed by atoms with E-state index in [9.17, 15) is 38.7 Å². The second kappa shape index (κ2) is 27.1. The lowest BCUT2D eigenvalue weighted by Crippen LogP contribution is -2.78. The zero-order valence-electron chi connectivity index (χ0n) is 32.9. The molecule has 0 aliphatic carbocycles. The normalized spacial score (nSPS) is 15.5. The summed E-state index contributed by atoms with van der Waals surface area (Å²) in [6, 6.07) is -5.81. The largest absolute Gasteiger partial charge is 0.391 e. The Balaban J connectivity index is 6.07. The van der Waals surface area contributed by atoms with E-state index < -0.39 is 83.7 Å². The van der Waals surface area contributed by atoms with Crippen LogP contribution in [0.25, 0.3) is 0 Å². The molecule has 0 aromatic heterocycles. The number of amides is 7. The summed E-state index contributed by atoms with van der Waals surface area (Å²) in [5.41, 5.74) is 21.7. The first kappa shape index (κ1) is 49.5. The van der Waals surface area contributed by atoms with Crippen LogP contribution in [0.3, 0.4) is 0 Å². The van der Waals surface area contributed by atoms with E-state index in [-0.39, 0.29) is 37.7 Å².